The number of nitrogens with one attached hydrogen (secondary N) is 1. The predicted octanol–water partition coefficient (Wildman–Crippen LogP) is 3.90. The van der Waals surface area contributed by atoms with Crippen LogP contribution in [0.5, 0.6) is 0 Å². The zero-order valence-electron chi connectivity index (χ0n) is 15.1. The summed E-state index contributed by atoms with van der Waals surface area (Å²) < 4.78 is 1.97. The first kappa shape index (κ1) is 19.3. The summed E-state index contributed by atoms with van der Waals surface area (Å²) in [6, 6.07) is 11.0. The minimum atomic E-state index is -0.331. The van der Waals surface area contributed by atoms with Gasteiger partial charge < -0.3 is 9.88 Å². The lowest BCUT2D eigenvalue weighted by Gasteiger charge is -2.12. The van der Waals surface area contributed by atoms with E-state index in [1.165, 1.54) is 23.6 Å². The Morgan fingerprint density at radius 1 is 1.26 bits per heavy atom. The fraction of sp³-hybridized carbons (Fsp3) is 0.263. The molecule has 0 aliphatic rings. The first-order valence-electron chi connectivity index (χ1n) is 8.51. The van der Waals surface area contributed by atoms with E-state index in [0.717, 1.165) is 18.1 Å². The minimum Gasteiger partial charge on any atom is -0.325 e. The quantitative estimate of drug-likeness (QED) is 0.458. The zero-order valence-corrected chi connectivity index (χ0v) is 16.7. The maximum absolute atomic E-state index is 12.5. The highest BCUT2D eigenvalue weighted by Crippen LogP contribution is 2.23. The Hall–Kier alpha value is -2.45. The molecule has 0 saturated carbocycles. The SMILES string of the molecule is CC(=O)c1ccc(NC(=O)C(C)Sc2nncn2CCc2cccs2)cc1. The molecule has 1 amide bonds. The van der Waals surface area contributed by atoms with E-state index >= 15 is 0 Å². The number of Topliss-reactive ketones (excluding diaryl/α,β-unsaturated/α-hetero) is 1. The van der Waals surface area contributed by atoms with Crippen LogP contribution < -0.4 is 5.32 Å². The summed E-state index contributed by atoms with van der Waals surface area (Å²) in [5.41, 5.74) is 1.28. The molecule has 0 bridgehead atoms. The van der Waals surface area contributed by atoms with Crippen LogP contribution in [0.25, 0.3) is 0 Å². The number of carbonyl (C=O) groups excluding carboxylic acids is 2. The van der Waals surface area contributed by atoms with E-state index < -0.39 is 0 Å². The number of nitrogens with zero attached hydrogens (tertiary/aromatic N) is 3. The van der Waals surface area contributed by atoms with E-state index in [0.29, 0.717) is 11.3 Å². The number of hydrogen-bond donors (Lipinski definition) is 1. The van der Waals surface area contributed by atoms with E-state index in [2.05, 4.69) is 27.0 Å². The highest BCUT2D eigenvalue weighted by Gasteiger charge is 2.18. The third-order valence-electron chi connectivity index (χ3n) is 3.97. The van der Waals surface area contributed by atoms with Gasteiger partial charge >= 0.3 is 0 Å². The molecule has 140 valence electrons. The van der Waals surface area contributed by atoms with Crippen LogP contribution in [0, 0.1) is 0 Å². The van der Waals surface area contributed by atoms with Gasteiger partial charge in [0.1, 0.15) is 6.33 Å². The van der Waals surface area contributed by atoms with Crippen molar-refractivity contribution in [3.63, 3.8) is 0 Å². The maximum atomic E-state index is 12.5. The molecule has 6 nitrogen and oxygen atoms in total. The van der Waals surface area contributed by atoms with Crippen LogP contribution in [0.4, 0.5) is 5.69 Å². The molecule has 1 aromatic carbocycles. The third kappa shape index (κ3) is 5.27. The number of hydrogen-bond acceptors (Lipinski definition) is 6. The summed E-state index contributed by atoms with van der Waals surface area (Å²) >= 11 is 3.10. The molecule has 3 aromatic rings. The fourth-order valence-electron chi connectivity index (χ4n) is 2.42. The second kappa shape index (κ2) is 8.96. The number of rotatable bonds is 8. The third-order valence-corrected chi connectivity index (χ3v) is 6.00. The van der Waals surface area contributed by atoms with E-state index in [1.807, 2.05) is 17.6 Å². The molecule has 2 aromatic heterocycles. The minimum absolute atomic E-state index is 0.00122. The second-order valence-corrected chi connectivity index (χ2v) is 8.36. The molecule has 0 fully saturated rings. The van der Waals surface area contributed by atoms with Crippen molar-refractivity contribution in [2.45, 2.75) is 37.2 Å². The highest BCUT2D eigenvalue weighted by molar-refractivity contribution is 8.00. The van der Waals surface area contributed by atoms with Gasteiger partial charge in [-0.25, -0.2) is 0 Å². The van der Waals surface area contributed by atoms with Crippen LogP contribution in [0.15, 0.2) is 53.3 Å². The number of benzene rings is 1. The van der Waals surface area contributed by atoms with Crippen LogP contribution in [-0.4, -0.2) is 31.7 Å². The molecule has 2 heterocycles. The van der Waals surface area contributed by atoms with E-state index in [1.54, 1.807) is 41.9 Å². The Kier molecular flexibility index (Phi) is 6.41. The summed E-state index contributed by atoms with van der Waals surface area (Å²) in [6.07, 6.45) is 2.60. The number of ketones is 1. The van der Waals surface area contributed by atoms with Gasteiger partial charge in [-0.2, -0.15) is 0 Å². The standard InChI is InChI=1S/C19H20N4O2S2/c1-13(24)15-5-7-16(8-6-15)21-18(25)14(2)27-19-22-20-12-23(19)10-9-17-4-3-11-26-17/h3-8,11-12,14H,9-10H2,1-2H3,(H,21,25). The van der Waals surface area contributed by atoms with Gasteiger partial charge in [-0.05, 0) is 56.0 Å². The Morgan fingerprint density at radius 2 is 2.04 bits per heavy atom. The molecule has 0 aliphatic heterocycles. The maximum Gasteiger partial charge on any atom is 0.237 e. The smallest absolute Gasteiger partial charge is 0.237 e. The first-order valence-corrected chi connectivity index (χ1v) is 10.3. The lowest BCUT2D eigenvalue weighted by molar-refractivity contribution is -0.115. The molecule has 0 aliphatic carbocycles. The number of aromatic nitrogens is 3. The van der Waals surface area contributed by atoms with Gasteiger partial charge in [0.25, 0.3) is 0 Å². The van der Waals surface area contributed by atoms with Crippen LogP contribution in [0.1, 0.15) is 29.1 Å². The highest BCUT2D eigenvalue weighted by atomic mass is 32.2. The monoisotopic (exact) mass is 400 g/mol. The number of thiophene rings is 1. The van der Waals surface area contributed by atoms with Gasteiger partial charge in [-0.1, -0.05) is 17.8 Å². The largest absolute Gasteiger partial charge is 0.325 e. The molecular weight excluding hydrogens is 380 g/mol. The van der Waals surface area contributed by atoms with E-state index in [4.69, 9.17) is 0 Å². The molecule has 0 radical (unpaired) electrons. The van der Waals surface area contributed by atoms with Gasteiger partial charge in [-0.3, -0.25) is 9.59 Å². The molecule has 3 rings (SSSR count). The second-order valence-electron chi connectivity index (χ2n) is 6.02. The number of carbonyl (C=O) groups is 2. The molecule has 8 heteroatoms. The summed E-state index contributed by atoms with van der Waals surface area (Å²) in [7, 11) is 0. The normalized spacial score (nSPS) is 11.9. The van der Waals surface area contributed by atoms with Gasteiger partial charge in [0.15, 0.2) is 10.9 Å². The molecule has 1 unspecified atom stereocenters. The molecule has 27 heavy (non-hydrogen) atoms. The molecule has 0 saturated heterocycles. The average Bonchev–Trinajstić information content (AvgIpc) is 3.32. The van der Waals surface area contributed by atoms with Crippen LogP contribution in [0.3, 0.4) is 0 Å². The average molecular weight is 401 g/mol. The van der Waals surface area contributed by atoms with Crippen LogP contribution in [-0.2, 0) is 17.8 Å². The summed E-state index contributed by atoms with van der Waals surface area (Å²) in [5, 5.41) is 13.4. The van der Waals surface area contributed by atoms with Gasteiger partial charge in [0, 0.05) is 22.7 Å². The van der Waals surface area contributed by atoms with Crippen molar-refractivity contribution in [2.24, 2.45) is 0 Å². The number of aryl methyl sites for hydroxylation is 2. The Morgan fingerprint density at radius 3 is 2.70 bits per heavy atom. The first-order chi connectivity index (χ1) is 13.0. The van der Waals surface area contributed by atoms with E-state index in [-0.39, 0.29) is 16.9 Å². The van der Waals surface area contributed by atoms with Crippen molar-refractivity contribution < 1.29 is 9.59 Å². The predicted molar refractivity (Wildman–Crippen MR) is 108 cm³/mol. The van der Waals surface area contributed by atoms with Gasteiger partial charge in [-0.15, -0.1) is 21.5 Å². The number of anilines is 1. The van der Waals surface area contributed by atoms with Crippen molar-refractivity contribution in [3.8, 4) is 0 Å². The van der Waals surface area contributed by atoms with Crippen molar-refractivity contribution in [1.29, 1.82) is 0 Å². The fourth-order valence-corrected chi connectivity index (χ4v) is 3.97. The van der Waals surface area contributed by atoms with Crippen LogP contribution in [0.2, 0.25) is 0 Å². The van der Waals surface area contributed by atoms with Crippen molar-refractivity contribution >= 4 is 40.5 Å². The van der Waals surface area contributed by atoms with E-state index in [9.17, 15) is 9.59 Å². The van der Waals surface area contributed by atoms with Crippen LogP contribution >= 0.6 is 23.1 Å². The Labute approximate surface area is 166 Å². The molecule has 0 spiro atoms. The zero-order chi connectivity index (χ0) is 19.2. The molecule has 1 N–H and O–H groups in total. The van der Waals surface area contributed by atoms with Gasteiger partial charge in [0.05, 0.1) is 5.25 Å². The summed E-state index contributed by atoms with van der Waals surface area (Å²) in [6.45, 7) is 4.12. The lowest BCUT2D eigenvalue weighted by atomic mass is 10.1. The van der Waals surface area contributed by atoms with Crippen molar-refractivity contribution in [1.82, 2.24) is 14.8 Å². The summed E-state index contributed by atoms with van der Waals surface area (Å²) in [4.78, 5) is 25.1. The summed E-state index contributed by atoms with van der Waals surface area (Å²) in [5.74, 6) is -0.123. The molecule has 1 atom stereocenters. The van der Waals surface area contributed by atoms with Crippen molar-refractivity contribution in [3.05, 3.63) is 58.5 Å². The lowest BCUT2D eigenvalue weighted by Crippen LogP contribution is -2.23. The molecular formula is C19H20N4O2S2. The van der Waals surface area contributed by atoms with Gasteiger partial charge in [0.2, 0.25) is 5.91 Å². The number of thioether (sulfide) groups is 1. The van der Waals surface area contributed by atoms with Crippen molar-refractivity contribution in [2.75, 3.05) is 5.32 Å². The number of amides is 1. The Bertz CT molecular complexity index is 904. The topological polar surface area (TPSA) is 76.9 Å². The Balaban J connectivity index is 1.56.